The van der Waals surface area contributed by atoms with Crippen molar-refractivity contribution >= 4 is 33.1 Å². The van der Waals surface area contributed by atoms with E-state index in [0.29, 0.717) is 10.8 Å². The Labute approximate surface area is 123 Å². The fourth-order valence-electron chi connectivity index (χ4n) is 2.05. The van der Waals surface area contributed by atoms with Crippen LogP contribution in [-0.4, -0.2) is 33.0 Å². The highest BCUT2D eigenvalue weighted by atomic mass is 32.2. The van der Waals surface area contributed by atoms with Gasteiger partial charge in [0, 0.05) is 17.5 Å². The Bertz CT molecular complexity index is 519. The summed E-state index contributed by atoms with van der Waals surface area (Å²) in [6.07, 6.45) is 1.86. The van der Waals surface area contributed by atoms with Crippen LogP contribution in [0, 0.1) is 6.92 Å². The lowest BCUT2D eigenvalue weighted by molar-refractivity contribution is 0.530. The zero-order valence-electron chi connectivity index (χ0n) is 11.2. The molecule has 7 heteroatoms. The lowest BCUT2D eigenvalue weighted by atomic mass is 10.2. The fourth-order valence-corrected chi connectivity index (χ4v) is 6.08. The number of rotatable bonds is 5. The first-order valence-corrected chi connectivity index (χ1v) is 9.82. The molecule has 0 atom stereocenters. The van der Waals surface area contributed by atoms with Gasteiger partial charge in [-0.05, 0) is 49.9 Å². The number of nitrogens with one attached hydrogen (secondary N) is 2. The Morgan fingerprint density at radius 2 is 2.05 bits per heavy atom. The van der Waals surface area contributed by atoms with Crippen LogP contribution in [0.2, 0.25) is 0 Å². The predicted molar refractivity (Wildman–Crippen MR) is 82.5 cm³/mol. The van der Waals surface area contributed by atoms with Crippen LogP contribution in [0.4, 0.5) is 0 Å². The van der Waals surface area contributed by atoms with E-state index >= 15 is 0 Å². The van der Waals surface area contributed by atoms with Crippen molar-refractivity contribution in [1.29, 1.82) is 0 Å². The van der Waals surface area contributed by atoms with Gasteiger partial charge in [-0.3, -0.25) is 0 Å². The first-order chi connectivity index (χ1) is 9.03. The second-order valence-electron chi connectivity index (χ2n) is 4.71. The zero-order chi connectivity index (χ0) is 13.9. The molecule has 1 aromatic heterocycles. The minimum Gasteiger partial charge on any atom is -0.315 e. The highest BCUT2D eigenvalue weighted by Gasteiger charge is 2.24. The molecule has 1 fully saturated rings. The van der Waals surface area contributed by atoms with Gasteiger partial charge in [0.15, 0.2) is 0 Å². The molecule has 2 N–H and O–H groups in total. The molecule has 108 valence electrons. The molecule has 4 nitrogen and oxygen atoms in total. The molecule has 2 heterocycles. The van der Waals surface area contributed by atoms with Crippen LogP contribution in [0.5, 0.6) is 0 Å². The van der Waals surface area contributed by atoms with Crippen molar-refractivity contribution in [2.75, 3.05) is 18.6 Å². The summed E-state index contributed by atoms with van der Waals surface area (Å²) in [5.41, 5.74) is 1.04. The monoisotopic (exact) mass is 320 g/mol. The number of thiophene rings is 1. The van der Waals surface area contributed by atoms with Gasteiger partial charge in [-0.2, -0.15) is 11.8 Å². The number of aryl methyl sites for hydroxylation is 1. The van der Waals surface area contributed by atoms with Crippen LogP contribution in [0.3, 0.4) is 0 Å². The van der Waals surface area contributed by atoms with Gasteiger partial charge in [0.05, 0.1) is 0 Å². The molecule has 0 saturated carbocycles. The largest absolute Gasteiger partial charge is 0.315 e. The molecule has 0 aliphatic carbocycles. The van der Waals surface area contributed by atoms with Crippen LogP contribution in [0.25, 0.3) is 0 Å². The summed E-state index contributed by atoms with van der Waals surface area (Å²) in [7, 11) is -1.48. The van der Waals surface area contributed by atoms with Gasteiger partial charge in [0.2, 0.25) is 10.0 Å². The van der Waals surface area contributed by atoms with E-state index in [2.05, 4.69) is 10.0 Å². The lowest BCUT2D eigenvalue weighted by Gasteiger charge is -2.21. The maximum atomic E-state index is 12.3. The third-order valence-corrected chi connectivity index (χ3v) is 7.42. The fraction of sp³-hybridized carbons (Fsp3) is 0.667. The van der Waals surface area contributed by atoms with E-state index in [0.717, 1.165) is 34.8 Å². The first kappa shape index (κ1) is 15.3. The SMILES string of the molecule is CNCc1sc(S(=O)(=O)NC2CCSCC2)cc1C. The third-order valence-electron chi connectivity index (χ3n) is 3.14. The van der Waals surface area contributed by atoms with E-state index in [4.69, 9.17) is 0 Å². The highest BCUT2D eigenvalue weighted by Crippen LogP contribution is 2.27. The zero-order valence-corrected chi connectivity index (χ0v) is 13.7. The molecule has 2 rings (SSSR count). The van der Waals surface area contributed by atoms with Crippen LogP contribution >= 0.6 is 23.1 Å². The molecule has 0 spiro atoms. The minimum atomic E-state index is -3.35. The summed E-state index contributed by atoms with van der Waals surface area (Å²) in [5.74, 6) is 2.09. The van der Waals surface area contributed by atoms with Crippen LogP contribution in [0.1, 0.15) is 23.3 Å². The van der Waals surface area contributed by atoms with E-state index in [1.54, 1.807) is 6.07 Å². The van der Waals surface area contributed by atoms with Gasteiger partial charge < -0.3 is 5.32 Å². The average Bonchev–Trinajstić information content (AvgIpc) is 2.73. The Balaban J connectivity index is 2.12. The van der Waals surface area contributed by atoms with Crippen molar-refractivity contribution in [3.8, 4) is 0 Å². The van der Waals surface area contributed by atoms with E-state index in [9.17, 15) is 8.42 Å². The maximum Gasteiger partial charge on any atom is 0.250 e. The molecule has 19 heavy (non-hydrogen) atoms. The molecular weight excluding hydrogens is 300 g/mol. The first-order valence-electron chi connectivity index (χ1n) is 6.37. The third kappa shape index (κ3) is 3.95. The molecule has 0 aromatic carbocycles. The van der Waals surface area contributed by atoms with Crippen molar-refractivity contribution in [2.24, 2.45) is 0 Å². The highest BCUT2D eigenvalue weighted by molar-refractivity contribution is 7.99. The van der Waals surface area contributed by atoms with Gasteiger partial charge in [-0.25, -0.2) is 13.1 Å². The summed E-state index contributed by atoms with van der Waals surface area (Å²) in [4.78, 5) is 1.09. The van der Waals surface area contributed by atoms with Gasteiger partial charge >= 0.3 is 0 Å². The van der Waals surface area contributed by atoms with Gasteiger partial charge in [0.25, 0.3) is 0 Å². The quantitative estimate of drug-likeness (QED) is 0.871. The Morgan fingerprint density at radius 1 is 1.37 bits per heavy atom. The van der Waals surface area contributed by atoms with Crippen LogP contribution in [-0.2, 0) is 16.6 Å². The standard InChI is InChI=1S/C12H20N2O2S3/c1-9-7-12(18-11(9)8-13-2)19(15,16)14-10-3-5-17-6-4-10/h7,10,13-14H,3-6,8H2,1-2H3. The molecule has 1 aromatic rings. The summed E-state index contributed by atoms with van der Waals surface area (Å²) >= 11 is 3.25. The maximum absolute atomic E-state index is 12.3. The molecule has 0 bridgehead atoms. The summed E-state index contributed by atoms with van der Waals surface area (Å²) in [6.45, 7) is 2.67. The number of hydrogen-bond acceptors (Lipinski definition) is 5. The normalized spacial score (nSPS) is 17.8. The van der Waals surface area contributed by atoms with Gasteiger partial charge in [0.1, 0.15) is 4.21 Å². The second-order valence-corrected chi connectivity index (χ2v) is 9.01. The number of sulfonamides is 1. The van der Waals surface area contributed by atoms with Gasteiger partial charge in [-0.1, -0.05) is 0 Å². The summed E-state index contributed by atoms with van der Waals surface area (Å²) in [6, 6.07) is 1.87. The van der Waals surface area contributed by atoms with Crippen molar-refractivity contribution in [3.63, 3.8) is 0 Å². The summed E-state index contributed by atoms with van der Waals surface area (Å²) < 4.78 is 28.0. The van der Waals surface area contributed by atoms with E-state index in [-0.39, 0.29) is 6.04 Å². The molecule has 0 radical (unpaired) electrons. The topological polar surface area (TPSA) is 58.2 Å². The van der Waals surface area contributed by atoms with Crippen LogP contribution < -0.4 is 10.0 Å². The molecule has 1 aliphatic heterocycles. The predicted octanol–water partition coefficient (Wildman–Crippen LogP) is 1.95. The van der Waals surface area contributed by atoms with Crippen molar-refractivity contribution in [3.05, 3.63) is 16.5 Å². The second kappa shape index (κ2) is 6.58. The van der Waals surface area contributed by atoms with E-state index < -0.39 is 10.0 Å². The molecule has 0 amide bonds. The Morgan fingerprint density at radius 3 is 2.68 bits per heavy atom. The number of hydrogen-bond donors (Lipinski definition) is 2. The summed E-state index contributed by atoms with van der Waals surface area (Å²) in [5, 5.41) is 3.06. The molecule has 1 saturated heterocycles. The minimum absolute atomic E-state index is 0.0985. The van der Waals surface area contributed by atoms with E-state index in [1.807, 2.05) is 25.7 Å². The molecule has 0 unspecified atom stereocenters. The van der Waals surface area contributed by atoms with Crippen molar-refractivity contribution in [2.45, 2.75) is 36.6 Å². The van der Waals surface area contributed by atoms with E-state index in [1.165, 1.54) is 11.3 Å². The Hall–Kier alpha value is -0.0800. The average molecular weight is 321 g/mol. The van der Waals surface area contributed by atoms with Crippen LogP contribution in [0.15, 0.2) is 10.3 Å². The molecular formula is C12H20N2O2S3. The van der Waals surface area contributed by atoms with Crippen molar-refractivity contribution in [1.82, 2.24) is 10.0 Å². The smallest absolute Gasteiger partial charge is 0.250 e. The molecule has 1 aliphatic rings. The van der Waals surface area contributed by atoms with Crippen molar-refractivity contribution < 1.29 is 8.42 Å². The number of thioether (sulfide) groups is 1. The lowest BCUT2D eigenvalue weighted by Crippen LogP contribution is -2.36. The van der Waals surface area contributed by atoms with Gasteiger partial charge in [-0.15, -0.1) is 11.3 Å². The Kier molecular flexibility index (Phi) is 5.30.